The summed E-state index contributed by atoms with van der Waals surface area (Å²) >= 11 is 12.5. The van der Waals surface area contributed by atoms with E-state index in [1.165, 1.54) is 11.1 Å². The molecule has 7 heteroatoms. The number of ether oxygens (including phenoxy) is 1. The average molecular weight is 579 g/mol. The van der Waals surface area contributed by atoms with Crippen molar-refractivity contribution in [1.82, 2.24) is 14.9 Å². The Morgan fingerprint density at radius 1 is 0.854 bits per heavy atom. The van der Waals surface area contributed by atoms with Gasteiger partial charge in [-0.05, 0) is 118 Å². The van der Waals surface area contributed by atoms with Crippen LogP contribution in [0.2, 0.25) is 5.02 Å². The highest BCUT2D eigenvalue weighted by Crippen LogP contribution is 2.44. The summed E-state index contributed by atoms with van der Waals surface area (Å²) in [7, 11) is 0. The van der Waals surface area contributed by atoms with Gasteiger partial charge in [0.2, 0.25) is 0 Å². The lowest BCUT2D eigenvalue weighted by atomic mass is 9.96. The van der Waals surface area contributed by atoms with E-state index >= 15 is 0 Å². The Hall–Kier alpha value is -4.13. The van der Waals surface area contributed by atoms with Gasteiger partial charge in [0.15, 0.2) is 5.11 Å². The molecule has 0 unspecified atom stereocenters. The zero-order chi connectivity index (χ0) is 28.7. The number of anilines is 1. The predicted molar refractivity (Wildman–Crippen MR) is 171 cm³/mol. The molecule has 1 aliphatic rings. The van der Waals surface area contributed by atoms with E-state index in [1.807, 2.05) is 66.9 Å². The van der Waals surface area contributed by atoms with Gasteiger partial charge in [0.25, 0.3) is 0 Å². The smallest absolute Gasteiger partial charge is 0.174 e. The third-order valence-electron chi connectivity index (χ3n) is 7.74. The van der Waals surface area contributed by atoms with E-state index in [1.54, 1.807) is 0 Å². The normalized spacial score (nSPS) is 16.6. The van der Waals surface area contributed by atoms with Crippen molar-refractivity contribution >= 4 is 34.6 Å². The zero-order valence-corrected chi connectivity index (χ0v) is 25.0. The predicted octanol–water partition coefficient (Wildman–Crippen LogP) is 8.73. The fraction of sp³-hybridized carbons (Fsp3) is 0.176. The van der Waals surface area contributed by atoms with Gasteiger partial charge in [0.1, 0.15) is 11.5 Å². The Kier molecular flexibility index (Phi) is 7.28. The van der Waals surface area contributed by atoms with Crippen molar-refractivity contribution in [2.24, 2.45) is 0 Å². The van der Waals surface area contributed by atoms with E-state index in [0.717, 1.165) is 50.5 Å². The molecule has 1 saturated heterocycles. The maximum absolute atomic E-state index is 6.53. The molecule has 41 heavy (non-hydrogen) atoms. The molecular weight excluding hydrogens is 548 g/mol. The summed E-state index contributed by atoms with van der Waals surface area (Å²) in [6, 6.07) is 30.2. The van der Waals surface area contributed by atoms with Gasteiger partial charge in [-0.2, -0.15) is 0 Å². The Bertz CT molecular complexity index is 1710. The number of pyridine rings is 1. The van der Waals surface area contributed by atoms with Crippen LogP contribution in [0.5, 0.6) is 11.5 Å². The number of hydrogen-bond donors (Lipinski definition) is 1. The van der Waals surface area contributed by atoms with Crippen LogP contribution in [-0.2, 0) is 0 Å². The van der Waals surface area contributed by atoms with Gasteiger partial charge in [-0.3, -0.25) is 4.98 Å². The van der Waals surface area contributed by atoms with Crippen LogP contribution >= 0.6 is 23.8 Å². The van der Waals surface area contributed by atoms with Gasteiger partial charge in [0.05, 0.1) is 17.8 Å². The fourth-order valence-corrected chi connectivity index (χ4v) is 6.18. The lowest BCUT2D eigenvalue weighted by molar-refractivity contribution is 0.482. The van der Waals surface area contributed by atoms with Gasteiger partial charge < -0.3 is 19.5 Å². The number of rotatable bonds is 6. The van der Waals surface area contributed by atoms with E-state index in [9.17, 15) is 0 Å². The minimum absolute atomic E-state index is 0.124. The SMILES string of the molecule is Cc1ccc(Oc2ccc(N3C(=S)N[C@@H](c4ccccn4)[C@@H]3c3cc(C)n(-c4cccc(Cl)c4C)c3C)cc2)cc1. The molecule has 0 bridgehead atoms. The first kappa shape index (κ1) is 27.1. The largest absolute Gasteiger partial charge is 0.457 e. The highest BCUT2D eigenvalue weighted by atomic mass is 35.5. The first-order valence-corrected chi connectivity index (χ1v) is 14.4. The monoisotopic (exact) mass is 578 g/mol. The molecular formula is C34H31ClN4OS. The van der Waals surface area contributed by atoms with Crippen molar-refractivity contribution in [3.63, 3.8) is 0 Å². The Morgan fingerprint density at radius 2 is 1.56 bits per heavy atom. The van der Waals surface area contributed by atoms with Crippen LogP contribution in [0.3, 0.4) is 0 Å². The minimum atomic E-state index is -0.137. The molecule has 1 fully saturated rings. The average Bonchev–Trinajstić information content (AvgIpc) is 3.47. The van der Waals surface area contributed by atoms with E-state index < -0.39 is 0 Å². The fourth-order valence-electron chi connectivity index (χ4n) is 5.66. The summed E-state index contributed by atoms with van der Waals surface area (Å²) in [6.07, 6.45) is 1.83. The van der Waals surface area contributed by atoms with Gasteiger partial charge >= 0.3 is 0 Å². The molecule has 1 aliphatic heterocycles. The molecule has 0 saturated carbocycles. The van der Waals surface area contributed by atoms with Crippen molar-refractivity contribution in [3.8, 4) is 17.2 Å². The number of halogens is 1. The molecule has 0 radical (unpaired) electrons. The number of thiocarbonyl (C=S) groups is 1. The molecule has 5 aromatic rings. The number of benzene rings is 3. The molecule has 0 spiro atoms. The Balaban J connectivity index is 1.42. The first-order chi connectivity index (χ1) is 19.8. The Morgan fingerprint density at radius 3 is 2.24 bits per heavy atom. The van der Waals surface area contributed by atoms with Crippen LogP contribution in [0.4, 0.5) is 5.69 Å². The number of aryl methyl sites for hydroxylation is 2. The molecule has 5 nitrogen and oxygen atoms in total. The minimum Gasteiger partial charge on any atom is -0.457 e. The summed E-state index contributed by atoms with van der Waals surface area (Å²) in [5.41, 5.74) is 8.66. The van der Waals surface area contributed by atoms with E-state index in [4.69, 9.17) is 33.5 Å². The topological polar surface area (TPSA) is 42.3 Å². The van der Waals surface area contributed by atoms with Crippen LogP contribution in [0.25, 0.3) is 5.69 Å². The van der Waals surface area contributed by atoms with Crippen molar-refractivity contribution in [2.45, 2.75) is 39.8 Å². The summed E-state index contributed by atoms with van der Waals surface area (Å²) in [5.74, 6) is 1.57. The van der Waals surface area contributed by atoms with Crippen LogP contribution in [0, 0.1) is 27.7 Å². The third-order valence-corrected chi connectivity index (χ3v) is 8.46. The highest BCUT2D eigenvalue weighted by molar-refractivity contribution is 7.80. The summed E-state index contributed by atoms with van der Waals surface area (Å²) in [4.78, 5) is 6.91. The second-order valence-corrected chi connectivity index (χ2v) is 11.2. The molecule has 3 aromatic carbocycles. The van der Waals surface area contributed by atoms with Crippen LogP contribution < -0.4 is 15.0 Å². The van der Waals surface area contributed by atoms with Gasteiger partial charge in [-0.15, -0.1) is 0 Å². The second-order valence-electron chi connectivity index (χ2n) is 10.5. The summed E-state index contributed by atoms with van der Waals surface area (Å²) in [5, 5.41) is 4.98. The molecule has 0 aliphatic carbocycles. The number of nitrogens with one attached hydrogen (secondary N) is 1. The maximum atomic E-state index is 6.53. The molecule has 206 valence electrons. The van der Waals surface area contributed by atoms with E-state index in [2.05, 4.69) is 72.8 Å². The van der Waals surface area contributed by atoms with Gasteiger partial charge in [-0.25, -0.2) is 0 Å². The van der Waals surface area contributed by atoms with Crippen molar-refractivity contribution < 1.29 is 4.74 Å². The first-order valence-electron chi connectivity index (χ1n) is 13.6. The van der Waals surface area contributed by atoms with Crippen LogP contribution in [-0.4, -0.2) is 14.7 Å². The lowest BCUT2D eigenvalue weighted by Crippen LogP contribution is -2.29. The lowest BCUT2D eigenvalue weighted by Gasteiger charge is -2.28. The second kappa shape index (κ2) is 11.0. The van der Waals surface area contributed by atoms with E-state index in [-0.39, 0.29) is 12.1 Å². The van der Waals surface area contributed by atoms with Gasteiger partial charge in [0, 0.05) is 34.0 Å². The summed E-state index contributed by atoms with van der Waals surface area (Å²) < 4.78 is 8.38. The maximum Gasteiger partial charge on any atom is 0.174 e. The molecule has 0 amide bonds. The van der Waals surface area contributed by atoms with Crippen molar-refractivity contribution in [2.75, 3.05) is 4.90 Å². The molecule has 6 rings (SSSR count). The molecule has 2 aromatic heterocycles. The molecule has 1 N–H and O–H groups in total. The van der Waals surface area contributed by atoms with Crippen LogP contribution in [0.1, 0.15) is 45.9 Å². The van der Waals surface area contributed by atoms with Crippen LogP contribution in [0.15, 0.2) is 97.2 Å². The molecule has 3 heterocycles. The third kappa shape index (κ3) is 5.09. The van der Waals surface area contributed by atoms with Crippen molar-refractivity contribution in [3.05, 3.63) is 136 Å². The zero-order valence-electron chi connectivity index (χ0n) is 23.4. The van der Waals surface area contributed by atoms with Gasteiger partial charge in [-0.1, -0.05) is 41.4 Å². The molecule has 2 atom stereocenters. The summed E-state index contributed by atoms with van der Waals surface area (Å²) in [6.45, 7) is 8.42. The van der Waals surface area contributed by atoms with Crippen molar-refractivity contribution in [1.29, 1.82) is 0 Å². The number of nitrogens with zero attached hydrogens (tertiary/aromatic N) is 3. The number of aromatic nitrogens is 2. The Labute approximate surface area is 251 Å². The number of hydrogen-bond acceptors (Lipinski definition) is 3. The standard InChI is InChI=1S/C34H31ClN4OS/c1-21-11-15-26(16-12-21)40-27-17-13-25(14-18-27)39-33(32(37-34(39)41)30-9-5-6-19-36-30)28-20-22(2)38(24(28)4)31-10-7-8-29(35)23(31)3/h5-20,32-33H,1-4H3,(H,37,41)/t32-,33-/m0/s1. The highest BCUT2D eigenvalue weighted by Gasteiger charge is 2.42. The quantitative estimate of drug-likeness (QED) is 0.204. The van der Waals surface area contributed by atoms with E-state index in [0.29, 0.717) is 5.11 Å².